The van der Waals surface area contributed by atoms with Crippen LogP contribution in [0.5, 0.6) is 5.75 Å². The zero-order chi connectivity index (χ0) is 18.6. The standard InChI is InChI=1S/C16H16Cl2N2O4S/c1-3-19-16(21)12-9-11(5-7-15(12)24-2)25(22,23)20-10-4-6-13(17)14(18)8-10/h4-9,20H,3H2,1-2H3,(H,19,21). The molecule has 25 heavy (non-hydrogen) atoms. The monoisotopic (exact) mass is 402 g/mol. The van der Waals surface area contributed by atoms with Crippen LogP contribution in [0.15, 0.2) is 41.3 Å². The third-order valence-electron chi connectivity index (χ3n) is 3.24. The van der Waals surface area contributed by atoms with Gasteiger partial charge in [-0.1, -0.05) is 23.2 Å². The van der Waals surface area contributed by atoms with Gasteiger partial charge in [0.15, 0.2) is 0 Å². The Kier molecular flexibility index (Phi) is 6.16. The molecule has 0 aliphatic heterocycles. The first-order valence-corrected chi connectivity index (χ1v) is 9.46. The smallest absolute Gasteiger partial charge is 0.261 e. The Morgan fingerprint density at radius 2 is 1.84 bits per heavy atom. The van der Waals surface area contributed by atoms with Gasteiger partial charge in [0.1, 0.15) is 5.75 Å². The maximum Gasteiger partial charge on any atom is 0.261 e. The Morgan fingerprint density at radius 3 is 2.44 bits per heavy atom. The van der Waals surface area contributed by atoms with Crippen LogP contribution in [0, 0.1) is 0 Å². The lowest BCUT2D eigenvalue weighted by Crippen LogP contribution is -2.24. The highest BCUT2D eigenvalue weighted by molar-refractivity contribution is 7.92. The van der Waals surface area contributed by atoms with Crippen molar-refractivity contribution in [1.29, 1.82) is 0 Å². The molecule has 0 saturated carbocycles. The lowest BCUT2D eigenvalue weighted by atomic mass is 10.2. The van der Waals surface area contributed by atoms with E-state index in [2.05, 4.69) is 10.0 Å². The molecule has 0 heterocycles. The summed E-state index contributed by atoms with van der Waals surface area (Å²) in [4.78, 5) is 12.0. The molecular weight excluding hydrogens is 387 g/mol. The zero-order valence-corrected chi connectivity index (χ0v) is 15.8. The van der Waals surface area contributed by atoms with E-state index in [-0.39, 0.29) is 26.9 Å². The van der Waals surface area contributed by atoms with Gasteiger partial charge in [0, 0.05) is 6.54 Å². The van der Waals surface area contributed by atoms with E-state index < -0.39 is 15.9 Å². The van der Waals surface area contributed by atoms with Crippen LogP contribution in [0.3, 0.4) is 0 Å². The Morgan fingerprint density at radius 1 is 1.12 bits per heavy atom. The van der Waals surface area contributed by atoms with E-state index in [1.807, 2.05) is 0 Å². The Bertz CT molecular complexity index is 901. The van der Waals surface area contributed by atoms with E-state index in [1.165, 1.54) is 43.5 Å². The third-order valence-corrected chi connectivity index (χ3v) is 5.35. The van der Waals surface area contributed by atoms with Crippen LogP contribution >= 0.6 is 23.2 Å². The largest absolute Gasteiger partial charge is 0.496 e. The fourth-order valence-electron chi connectivity index (χ4n) is 2.06. The van der Waals surface area contributed by atoms with Crippen LogP contribution in [0.4, 0.5) is 5.69 Å². The molecule has 0 bridgehead atoms. The fraction of sp³-hybridized carbons (Fsp3) is 0.188. The summed E-state index contributed by atoms with van der Waals surface area (Å²) in [7, 11) is -2.52. The molecule has 0 unspecified atom stereocenters. The molecule has 6 nitrogen and oxygen atoms in total. The van der Waals surface area contributed by atoms with Crippen molar-refractivity contribution in [3.63, 3.8) is 0 Å². The van der Waals surface area contributed by atoms with Gasteiger partial charge in [-0.2, -0.15) is 0 Å². The first-order chi connectivity index (χ1) is 11.8. The Labute approximate surface area is 156 Å². The van der Waals surface area contributed by atoms with Gasteiger partial charge in [-0.3, -0.25) is 9.52 Å². The second kappa shape index (κ2) is 7.95. The van der Waals surface area contributed by atoms with Crippen molar-refractivity contribution in [2.45, 2.75) is 11.8 Å². The minimum Gasteiger partial charge on any atom is -0.496 e. The van der Waals surface area contributed by atoms with Crippen LogP contribution in [0.2, 0.25) is 10.0 Å². The number of ether oxygens (including phenoxy) is 1. The Hall–Kier alpha value is -1.96. The highest BCUT2D eigenvalue weighted by Gasteiger charge is 2.20. The van der Waals surface area contributed by atoms with E-state index in [9.17, 15) is 13.2 Å². The predicted molar refractivity (Wildman–Crippen MR) is 98.3 cm³/mol. The molecule has 0 saturated heterocycles. The van der Waals surface area contributed by atoms with Crippen molar-refractivity contribution >= 4 is 44.8 Å². The molecule has 2 aromatic rings. The average molecular weight is 403 g/mol. The second-order valence-corrected chi connectivity index (χ2v) is 7.45. The number of amides is 1. The number of sulfonamides is 1. The summed E-state index contributed by atoms with van der Waals surface area (Å²) in [5.74, 6) is -0.148. The molecule has 0 radical (unpaired) electrons. The Balaban J connectivity index is 2.40. The lowest BCUT2D eigenvalue weighted by molar-refractivity contribution is 0.0952. The van der Waals surface area contributed by atoms with Gasteiger partial charge < -0.3 is 10.1 Å². The van der Waals surface area contributed by atoms with Gasteiger partial charge in [-0.15, -0.1) is 0 Å². The van der Waals surface area contributed by atoms with Gasteiger partial charge in [-0.05, 0) is 43.3 Å². The van der Waals surface area contributed by atoms with Crippen molar-refractivity contribution in [3.8, 4) is 5.75 Å². The molecule has 2 N–H and O–H groups in total. The molecule has 1 amide bonds. The second-order valence-electron chi connectivity index (χ2n) is 4.96. The van der Waals surface area contributed by atoms with Crippen LogP contribution in [0.25, 0.3) is 0 Å². The van der Waals surface area contributed by atoms with E-state index in [4.69, 9.17) is 27.9 Å². The highest BCUT2D eigenvalue weighted by Crippen LogP contribution is 2.28. The molecule has 2 rings (SSSR count). The fourth-order valence-corrected chi connectivity index (χ4v) is 3.43. The van der Waals surface area contributed by atoms with E-state index in [0.717, 1.165) is 0 Å². The summed E-state index contributed by atoms with van der Waals surface area (Å²) in [6, 6.07) is 8.39. The topological polar surface area (TPSA) is 84.5 Å². The predicted octanol–water partition coefficient (Wildman–Crippen LogP) is 3.55. The minimum atomic E-state index is -3.93. The van der Waals surface area contributed by atoms with Gasteiger partial charge in [0.25, 0.3) is 15.9 Å². The molecule has 2 aromatic carbocycles. The van der Waals surface area contributed by atoms with Gasteiger partial charge in [-0.25, -0.2) is 8.42 Å². The van der Waals surface area contributed by atoms with Crippen molar-refractivity contribution in [3.05, 3.63) is 52.0 Å². The molecule has 134 valence electrons. The number of hydrogen-bond donors (Lipinski definition) is 2. The molecule has 0 atom stereocenters. The third kappa shape index (κ3) is 4.56. The van der Waals surface area contributed by atoms with Gasteiger partial charge in [0.2, 0.25) is 0 Å². The summed E-state index contributed by atoms with van der Waals surface area (Å²) in [6.07, 6.45) is 0. The molecular formula is C16H16Cl2N2O4S. The van der Waals surface area contributed by atoms with Gasteiger partial charge in [0.05, 0.1) is 33.3 Å². The van der Waals surface area contributed by atoms with Crippen molar-refractivity contribution in [2.24, 2.45) is 0 Å². The molecule has 0 aromatic heterocycles. The van der Waals surface area contributed by atoms with Crippen molar-refractivity contribution in [2.75, 3.05) is 18.4 Å². The molecule has 0 spiro atoms. The van der Waals surface area contributed by atoms with Crippen LogP contribution in [-0.2, 0) is 10.0 Å². The number of benzene rings is 2. The number of nitrogens with one attached hydrogen (secondary N) is 2. The SMILES string of the molecule is CCNC(=O)c1cc(S(=O)(=O)Nc2ccc(Cl)c(Cl)c2)ccc1OC. The van der Waals surface area contributed by atoms with Gasteiger partial charge >= 0.3 is 0 Å². The summed E-state index contributed by atoms with van der Waals surface area (Å²) >= 11 is 11.7. The number of carbonyl (C=O) groups is 1. The number of anilines is 1. The normalized spacial score (nSPS) is 11.0. The van der Waals surface area contributed by atoms with Crippen LogP contribution in [-0.4, -0.2) is 28.0 Å². The molecule has 9 heteroatoms. The quantitative estimate of drug-likeness (QED) is 0.773. The molecule has 0 fully saturated rings. The van der Waals surface area contributed by atoms with Crippen molar-refractivity contribution in [1.82, 2.24) is 5.32 Å². The van der Waals surface area contributed by atoms with E-state index in [1.54, 1.807) is 6.92 Å². The van der Waals surface area contributed by atoms with E-state index >= 15 is 0 Å². The number of methoxy groups -OCH3 is 1. The average Bonchev–Trinajstić information content (AvgIpc) is 2.57. The highest BCUT2D eigenvalue weighted by atomic mass is 35.5. The number of rotatable bonds is 6. The van der Waals surface area contributed by atoms with Crippen molar-refractivity contribution < 1.29 is 17.9 Å². The maximum atomic E-state index is 12.6. The van der Waals surface area contributed by atoms with Crippen LogP contribution < -0.4 is 14.8 Å². The summed E-state index contributed by atoms with van der Waals surface area (Å²) in [6.45, 7) is 2.16. The van der Waals surface area contributed by atoms with E-state index in [0.29, 0.717) is 11.6 Å². The maximum absolute atomic E-state index is 12.6. The summed E-state index contributed by atoms with van der Waals surface area (Å²) < 4.78 is 32.7. The molecule has 0 aliphatic rings. The first-order valence-electron chi connectivity index (χ1n) is 7.22. The summed E-state index contributed by atoms with van der Waals surface area (Å²) in [5.41, 5.74) is 0.381. The number of halogens is 2. The molecule has 0 aliphatic carbocycles. The number of carbonyl (C=O) groups excluding carboxylic acids is 1. The summed E-state index contributed by atoms with van der Waals surface area (Å²) in [5, 5.41) is 3.15. The first kappa shape index (κ1) is 19.4. The zero-order valence-electron chi connectivity index (χ0n) is 13.5. The minimum absolute atomic E-state index is 0.0828. The van der Waals surface area contributed by atoms with Crippen LogP contribution in [0.1, 0.15) is 17.3 Å². The lowest BCUT2D eigenvalue weighted by Gasteiger charge is -2.12. The number of hydrogen-bond acceptors (Lipinski definition) is 4.